The van der Waals surface area contributed by atoms with E-state index in [1.807, 2.05) is 30.2 Å². The van der Waals surface area contributed by atoms with Gasteiger partial charge >= 0.3 is 0 Å². The van der Waals surface area contributed by atoms with Crippen LogP contribution in [-0.2, 0) is 21.2 Å². The maximum Gasteiger partial charge on any atom is 0.175 e. The molecule has 9 nitrogen and oxygen atoms in total. The van der Waals surface area contributed by atoms with Gasteiger partial charge in [0.2, 0.25) is 0 Å². The summed E-state index contributed by atoms with van der Waals surface area (Å²) in [5.74, 6) is 0.411. The number of carbonyl (C=O) groups excluding carboxylic acids is 1. The standard InChI is InChI=1S/C24H23N5O4S/c1-15-9-21(34(2,31)32)20(19-5-6-26-22(15)19)14-29-11-17-4-3-16(10-25)24(23(17)27-29)33-18-12-28(13-18)7-8-30/h3-6,8-9,11,18,26H,7,12-14H2,1-2H3. The number of ether oxygens (including phenoxy) is 1. The number of aryl methyl sites for hydroxylation is 1. The number of nitriles is 1. The fourth-order valence-electron chi connectivity index (χ4n) is 4.51. The summed E-state index contributed by atoms with van der Waals surface area (Å²) >= 11 is 0. The first kappa shape index (κ1) is 22.1. The van der Waals surface area contributed by atoms with Crippen LogP contribution >= 0.6 is 0 Å². The SMILES string of the molecule is Cc1cc(S(C)(=O)=O)c(Cn2cc3ccc(C#N)c(OC4CN(CC=O)C4)c3n2)c2cc[nH]c12. The Kier molecular flexibility index (Phi) is 5.38. The molecule has 5 rings (SSSR count). The van der Waals surface area contributed by atoms with E-state index < -0.39 is 9.84 Å². The van der Waals surface area contributed by atoms with Crippen LogP contribution in [0.1, 0.15) is 16.7 Å². The second-order valence-electron chi connectivity index (χ2n) is 8.65. The summed E-state index contributed by atoms with van der Waals surface area (Å²) in [4.78, 5) is 16.1. The number of likely N-dealkylation sites (tertiary alicyclic amines) is 1. The van der Waals surface area contributed by atoms with E-state index in [2.05, 4.69) is 16.2 Å². The molecular formula is C24H23N5O4S. The van der Waals surface area contributed by atoms with Crippen LogP contribution in [0.2, 0.25) is 0 Å². The topological polar surface area (TPSA) is 121 Å². The van der Waals surface area contributed by atoms with Crippen LogP contribution < -0.4 is 4.74 Å². The number of aromatic amines is 1. The van der Waals surface area contributed by atoms with Crippen LogP contribution in [0.4, 0.5) is 0 Å². The molecule has 4 aromatic rings. The quantitative estimate of drug-likeness (QED) is 0.406. The van der Waals surface area contributed by atoms with Gasteiger partial charge in [0.05, 0.1) is 23.5 Å². The molecule has 0 spiro atoms. The number of nitrogens with zero attached hydrogens (tertiary/aromatic N) is 4. The molecule has 2 aromatic carbocycles. The van der Waals surface area contributed by atoms with E-state index in [0.29, 0.717) is 42.0 Å². The van der Waals surface area contributed by atoms with Gasteiger partial charge in [-0.05, 0) is 36.8 Å². The van der Waals surface area contributed by atoms with E-state index in [4.69, 9.17) is 4.74 Å². The van der Waals surface area contributed by atoms with Gasteiger partial charge in [-0.15, -0.1) is 0 Å². The Balaban J connectivity index is 1.55. The van der Waals surface area contributed by atoms with Crippen molar-refractivity contribution in [3.05, 3.63) is 53.3 Å². The summed E-state index contributed by atoms with van der Waals surface area (Å²) in [6, 6.07) is 9.24. The van der Waals surface area contributed by atoms with Crippen molar-refractivity contribution < 1.29 is 17.9 Å². The Morgan fingerprint density at radius 1 is 1.32 bits per heavy atom. The van der Waals surface area contributed by atoms with Gasteiger partial charge < -0.3 is 14.5 Å². The van der Waals surface area contributed by atoms with Crippen molar-refractivity contribution in [2.24, 2.45) is 0 Å². The van der Waals surface area contributed by atoms with Crippen molar-refractivity contribution in [2.45, 2.75) is 24.5 Å². The number of aromatic nitrogens is 3. The predicted molar refractivity (Wildman–Crippen MR) is 127 cm³/mol. The number of benzene rings is 2. The molecule has 0 amide bonds. The normalized spacial score (nSPS) is 14.9. The fourth-order valence-corrected chi connectivity index (χ4v) is 5.52. The van der Waals surface area contributed by atoms with Gasteiger partial charge in [0, 0.05) is 53.6 Å². The van der Waals surface area contributed by atoms with E-state index in [1.54, 1.807) is 23.0 Å². The largest absolute Gasteiger partial charge is 0.484 e. The first-order chi connectivity index (χ1) is 16.3. The highest BCUT2D eigenvalue weighted by Crippen LogP contribution is 2.33. The highest BCUT2D eigenvalue weighted by molar-refractivity contribution is 7.90. The summed E-state index contributed by atoms with van der Waals surface area (Å²) in [5, 5.41) is 15.9. The molecule has 34 heavy (non-hydrogen) atoms. The number of rotatable bonds is 7. The van der Waals surface area contributed by atoms with E-state index in [9.17, 15) is 18.5 Å². The van der Waals surface area contributed by atoms with Gasteiger partial charge in [-0.2, -0.15) is 10.4 Å². The van der Waals surface area contributed by atoms with Gasteiger partial charge in [-0.1, -0.05) is 0 Å². The zero-order valence-electron chi connectivity index (χ0n) is 18.8. The Hall–Kier alpha value is -3.68. The van der Waals surface area contributed by atoms with Crippen LogP contribution in [-0.4, -0.2) is 66.4 Å². The minimum atomic E-state index is -3.47. The zero-order valence-corrected chi connectivity index (χ0v) is 19.6. The fraction of sp³-hybridized carbons (Fsp3) is 0.292. The Morgan fingerprint density at radius 3 is 2.82 bits per heavy atom. The molecule has 1 aliphatic heterocycles. The number of carbonyl (C=O) groups is 1. The lowest BCUT2D eigenvalue weighted by molar-refractivity contribution is -0.111. The molecule has 3 heterocycles. The minimum absolute atomic E-state index is 0.129. The van der Waals surface area contributed by atoms with Crippen LogP contribution in [0.5, 0.6) is 5.75 Å². The second-order valence-corrected chi connectivity index (χ2v) is 10.6. The van der Waals surface area contributed by atoms with Crippen molar-refractivity contribution in [1.82, 2.24) is 19.7 Å². The average molecular weight is 478 g/mol. The maximum atomic E-state index is 12.6. The van der Waals surface area contributed by atoms with Crippen LogP contribution in [0.15, 0.2) is 41.6 Å². The second kappa shape index (κ2) is 8.27. The first-order valence-electron chi connectivity index (χ1n) is 10.8. The lowest BCUT2D eigenvalue weighted by Gasteiger charge is -2.37. The van der Waals surface area contributed by atoms with Gasteiger partial charge in [-0.3, -0.25) is 9.58 Å². The van der Waals surface area contributed by atoms with Crippen molar-refractivity contribution in [3.63, 3.8) is 0 Å². The van der Waals surface area contributed by atoms with Crippen molar-refractivity contribution >= 4 is 37.9 Å². The summed E-state index contributed by atoms with van der Waals surface area (Å²) in [6.07, 6.45) is 5.56. The third-order valence-corrected chi connectivity index (χ3v) is 7.33. The maximum absolute atomic E-state index is 12.6. The Morgan fingerprint density at radius 2 is 2.12 bits per heavy atom. The highest BCUT2D eigenvalue weighted by atomic mass is 32.2. The molecule has 0 unspecified atom stereocenters. The number of fused-ring (bicyclic) bond motifs is 2. The van der Waals surface area contributed by atoms with E-state index in [1.165, 1.54) is 6.26 Å². The summed E-state index contributed by atoms with van der Waals surface area (Å²) in [7, 11) is -3.47. The van der Waals surface area contributed by atoms with E-state index in [0.717, 1.165) is 28.1 Å². The molecule has 1 N–H and O–H groups in total. The number of nitrogens with one attached hydrogen (secondary N) is 1. The van der Waals surface area contributed by atoms with Crippen molar-refractivity contribution in [1.29, 1.82) is 5.26 Å². The lowest BCUT2D eigenvalue weighted by atomic mass is 10.1. The Bertz CT molecular complexity index is 1570. The molecule has 10 heteroatoms. The molecule has 174 valence electrons. The zero-order chi connectivity index (χ0) is 24.0. The molecule has 1 saturated heterocycles. The molecule has 0 saturated carbocycles. The number of sulfone groups is 1. The number of hydrogen-bond acceptors (Lipinski definition) is 7. The van der Waals surface area contributed by atoms with Gasteiger partial charge in [0.15, 0.2) is 15.6 Å². The molecule has 0 radical (unpaired) electrons. The third kappa shape index (κ3) is 3.83. The molecule has 1 aliphatic rings. The van der Waals surface area contributed by atoms with Gasteiger partial charge in [0.25, 0.3) is 0 Å². The van der Waals surface area contributed by atoms with Gasteiger partial charge in [-0.25, -0.2) is 8.42 Å². The van der Waals surface area contributed by atoms with E-state index >= 15 is 0 Å². The van der Waals surface area contributed by atoms with Crippen molar-refractivity contribution in [2.75, 3.05) is 25.9 Å². The average Bonchev–Trinajstić information content (AvgIpc) is 3.41. The Labute approximate surface area is 196 Å². The molecule has 0 aliphatic carbocycles. The van der Waals surface area contributed by atoms with Gasteiger partial charge in [0.1, 0.15) is 24.0 Å². The molecule has 0 bridgehead atoms. The van der Waals surface area contributed by atoms with Crippen LogP contribution in [0, 0.1) is 18.3 Å². The van der Waals surface area contributed by atoms with Crippen LogP contribution in [0.25, 0.3) is 21.8 Å². The number of hydrogen-bond donors (Lipinski definition) is 1. The molecule has 0 atom stereocenters. The summed E-state index contributed by atoms with van der Waals surface area (Å²) in [6.45, 7) is 3.68. The molecular weight excluding hydrogens is 454 g/mol. The monoisotopic (exact) mass is 477 g/mol. The summed E-state index contributed by atoms with van der Waals surface area (Å²) in [5.41, 5.74) is 3.33. The first-order valence-corrected chi connectivity index (χ1v) is 12.7. The van der Waals surface area contributed by atoms with Crippen molar-refractivity contribution in [3.8, 4) is 11.8 Å². The lowest BCUT2D eigenvalue weighted by Crippen LogP contribution is -2.54. The van der Waals surface area contributed by atoms with E-state index in [-0.39, 0.29) is 17.5 Å². The molecule has 2 aromatic heterocycles. The predicted octanol–water partition coefficient (Wildman–Crippen LogP) is 2.41. The molecule has 1 fully saturated rings. The minimum Gasteiger partial charge on any atom is -0.484 e. The number of aldehydes is 1. The smallest absolute Gasteiger partial charge is 0.175 e. The summed E-state index contributed by atoms with van der Waals surface area (Å²) < 4.78 is 33.0. The van der Waals surface area contributed by atoms with Crippen LogP contribution in [0.3, 0.4) is 0 Å². The highest BCUT2D eigenvalue weighted by Gasteiger charge is 2.29. The number of H-pyrrole nitrogens is 1. The third-order valence-electron chi connectivity index (χ3n) is 6.17.